The van der Waals surface area contributed by atoms with Gasteiger partial charge in [0.15, 0.2) is 0 Å². The minimum absolute atomic E-state index is 0.382. The van der Waals surface area contributed by atoms with Crippen LogP contribution in [0.3, 0.4) is 0 Å². The van der Waals surface area contributed by atoms with Gasteiger partial charge >= 0.3 is 0 Å². The molecule has 0 amide bonds. The van der Waals surface area contributed by atoms with Crippen LogP contribution in [0.1, 0.15) is 16.7 Å². The van der Waals surface area contributed by atoms with Gasteiger partial charge in [0.25, 0.3) is 0 Å². The van der Waals surface area contributed by atoms with Gasteiger partial charge < -0.3 is 4.74 Å². The van der Waals surface area contributed by atoms with Crippen LogP contribution in [-0.4, -0.2) is 4.98 Å². The van der Waals surface area contributed by atoms with Crippen LogP contribution in [0.4, 0.5) is 0 Å². The van der Waals surface area contributed by atoms with Crippen molar-refractivity contribution in [3.63, 3.8) is 0 Å². The molecule has 1 aromatic carbocycles. The van der Waals surface area contributed by atoms with E-state index in [2.05, 4.69) is 18.0 Å². The smallest absolute Gasteiger partial charge is 0.130 e. The molecule has 0 aliphatic heterocycles. The maximum absolute atomic E-state index is 6.06. The standard InChI is InChI=1S/C14H13Cl2NO/c1-9-3-4-13(10(2)5-9)18-8-11-7-17-14(16)6-12(11)15/h3-7H,8H2,1-2H3. The molecule has 2 nitrogen and oxygen atoms in total. The lowest BCUT2D eigenvalue weighted by Crippen LogP contribution is -1.98. The first-order valence-electron chi connectivity index (χ1n) is 5.56. The zero-order chi connectivity index (χ0) is 13.1. The highest BCUT2D eigenvalue weighted by atomic mass is 35.5. The Kier molecular flexibility index (Phi) is 4.10. The van der Waals surface area contributed by atoms with Crippen LogP contribution in [0.25, 0.3) is 0 Å². The van der Waals surface area contributed by atoms with Gasteiger partial charge in [0, 0.05) is 11.8 Å². The molecule has 4 heteroatoms. The SMILES string of the molecule is Cc1ccc(OCc2cnc(Cl)cc2Cl)c(C)c1. The average molecular weight is 282 g/mol. The Morgan fingerprint density at radius 1 is 1.17 bits per heavy atom. The fourth-order valence-electron chi connectivity index (χ4n) is 1.66. The zero-order valence-corrected chi connectivity index (χ0v) is 11.7. The number of hydrogen-bond acceptors (Lipinski definition) is 2. The predicted octanol–water partition coefficient (Wildman–Crippen LogP) is 4.58. The Bertz CT molecular complexity index is 518. The molecule has 0 spiro atoms. The second-order valence-corrected chi connectivity index (χ2v) is 4.95. The second kappa shape index (κ2) is 5.59. The zero-order valence-electron chi connectivity index (χ0n) is 10.2. The van der Waals surface area contributed by atoms with Crippen molar-refractivity contribution in [1.82, 2.24) is 4.98 Å². The molecule has 0 fully saturated rings. The van der Waals surface area contributed by atoms with Gasteiger partial charge in [0.1, 0.15) is 17.5 Å². The summed E-state index contributed by atoms with van der Waals surface area (Å²) < 4.78 is 5.73. The summed E-state index contributed by atoms with van der Waals surface area (Å²) in [5.41, 5.74) is 3.14. The molecule has 0 unspecified atom stereocenters. The normalized spacial score (nSPS) is 10.4. The van der Waals surface area contributed by atoms with Gasteiger partial charge in [-0.2, -0.15) is 0 Å². The number of hydrogen-bond donors (Lipinski definition) is 0. The molecule has 0 radical (unpaired) electrons. The average Bonchev–Trinajstić information content (AvgIpc) is 2.30. The van der Waals surface area contributed by atoms with E-state index in [1.807, 2.05) is 19.1 Å². The first kappa shape index (κ1) is 13.2. The predicted molar refractivity (Wildman–Crippen MR) is 74.5 cm³/mol. The lowest BCUT2D eigenvalue weighted by molar-refractivity contribution is 0.303. The van der Waals surface area contributed by atoms with Gasteiger partial charge in [-0.25, -0.2) is 4.98 Å². The summed E-state index contributed by atoms with van der Waals surface area (Å²) in [4.78, 5) is 3.99. The third-order valence-corrected chi connectivity index (χ3v) is 3.17. The molecule has 18 heavy (non-hydrogen) atoms. The number of benzene rings is 1. The first-order chi connectivity index (χ1) is 8.56. The van der Waals surface area contributed by atoms with Crippen molar-refractivity contribution in [2.75, 3.05) is 0 Å². The van der Waals surface area contributed by atoms with Gasteiger partial charge in [-0.3, -0.25) is 0 Å². The largest absolute Gasteiger partial charge is 0.489 e. The van der Waals surface area contributed by atoms with Crippen molar-refractivity contribution in [3.05, 3.63) is 57.3 Å². The van der Waals surface area contributed by atoms with E-state index in [1.54, 1.807) is 12.3 Å². The van der Waals surface area contributed by atoms with E-state index < -0.39 is 0 Å². The molecule has 0 saturated heterocycles. The monoisotopic (exact) mass is 281 g/mol. The number of aromatic nitrogens is 1. The lowest BCUT2D eigenvalue weighted by Gasteiger charge is -2.10. The Morgan fingerprint density at radius 3 is 2.61 bits per heavy atom. The van der Waals surface area contributed by atoms with E-state index in [4.69, 9.17) is 27.9 Å². The van der Waals surface area contributed by atoms with Crippen LogP contribution in [0.15, 0.2) is 30.5 Å². The molecule has 1 heterocycles. The minimum Gasteiger partial charge on any atom is -0.489 e. The van der Waals surface area contributed by atoms with E-state index in [0.29, 0.717) is 16.8 Å². The summed E-state index contributed by atoms with van der Waals surface area (Å²) in [6.45, 7) is 4.45. The first-order valence-corrected chi connectivity index (χ1v) is 6.32. The summed E-state index contributed by atoms with van der Waals surface area (Å²) in [7, 11) is 0. The summed E-state index contributed by atoms with van der Waals surface area (Å²) in [6, 6.07) is 7.67. The van der Waals surface area contributed by atoms with Crippen molar-refractivity contribution in [1.29, 1.82) is 0 Å². The van der Waals surface area contributed by atoms with Crippen LogP contribution in [0.5, 0.6) is 5.75 Å². The van der Waals surface area contributed by atoms with E-state index in [0.717, 1.165) is 16.9 Å². The van der Waals surface area contributed by atoms with Gasteiger partial charge in [-0.15, -0.1) is 0 Å². The molecule has 0 aliphatic carbocycles. The van der Waals surface area contributed by atoms with E-state index >= 15 is 0 Å². The summed E-state index contributed by atoms with van der Waals surface area (Å²) in [6.07, 6.45) is 1.63. The summed E-state index contributed by atoms with van der Waals surface area (Å²) in [5, 5.41) is 0.954. The Labute approximate surface area is 117 Å². The van der Waals surface area contributed by atoms with E-state index in [1.165, 1.54) is 5.56 Å². The van der Waals surface area contributed by atoms with Crippen molar-refractivity contribution in [2.45, 2.75) is 20.5 Å². The van der Waals surface area contributed by atoms with Crippen molar-refractivity contribution < 1.29 is 4.74 Å². The number of nitrogens with zero attached hydrogens (tertiary/aromatic N) is 1. The number of rotatable bonds is 3. The highest BCUT2D eigenvalue weighted by Crippen LogP contribution is 2.23. The highest BCUT2D eigenvalue weighted by Gasteiger charge is 2.05. The second-order valence-electron chi connectivity index (χ2n) is 4.16. The highest BCUT2D eigenvalue weighted by molar-refractivity contribution is 6.34. The number of halogens is 2. The molecular formula is C14H13Cl2NO. The van der Waals surface area contributed by atoms with Crippen LogP contribution >= 0.6 is 23.2 Å². The van der Waals surface area contributed by atoms with E-state index in [-0.39, 0.29) is 0 Å². The van der Waals surface area contributed by atoms with Crippen LogP contribution in [-0.2, 0) is 6.61 Å². The maximum Gasteiger partial charge on any atom is 0.130 e. The molecule has 2 aromatic rings. The summed E-state index contributed by atoms with van der Waals surface area (Å²) >= 11 is 11.8. The Balaban J connectivity index is 2.11. The minimum atomic E-state index is 0.382. The summed E-state index contributed by atoms with van der Waals surface area (Å²) in [5.74, 6) is 0.853. The quantitative estimate of drug-likeness (QED) is 0.768. The molecule has 1 aromatic heterocycles. The number of ether oxygens (including phenoxy) is 1. The van der Waals surface area contributed by atoms with Gasteiger partial charge in [-0.1, -0.05) is 40.9 Å². The maximum atomic E-state index is 6.06. The van der Waals surface area contributed by atoms with Crippen molar-refractivity contribution >= 4 is 23.2 Å². The van der Waals surface area contributed by atoms with Gasteiger partial charge in [0.2, 0.25) is 0 Å². The number of aryl methyl sites for hydroxylation is 2. The van der Waals surface area contributed by atoms with Gasteiger partial charge in [0.05, 0.1) is 5.02 Å². The van der Waals surface area contributed by atoms with Crippen LogP contribution in [0, 0.1) is 13.8 Å². The van der Waals surface area contributed by atoms with Crippen molar-refractivity contribution in [3.8, 4) is 5.75 Å². The van der Waals surface area contributed by atoms with E-state index in [9.17, 15) is 0 Å². The Morgan fingerprint density at radius 2 is 1.94 bits per heavy atom. The molecule has 0 bridgehead atoms. The van der Waals surface area contributed by atoms with Crippen LogP contribution in [0.2, 0.25) is 10.2 Å². The fraction of sp³-hybridized carbons (Fsp3) is 0.214. The third-order valence-electron chi connectivity index (χ3n) is 2.61. The number of pyridine rings is 1. The fourth-order valence-corrected chi connectivity index (χ4v) is 2.08. The molecule has 0 N–H and O–H groups in total. The molecule has 0 atom stereocenters. The van der Waals surface area contributed by atoms with Crippen molar-refractivity contribution in [2.24, 2.45) is 0 Å². The lowest BCUT2D eigenvalue weighted by atomic mass is 10.1. The third kappa shape index (κ3) is 3.15. The Hall–Kier alpha value is -1.25. The molecular weight excluding hydrogens is 269 g/mol. The molecule has 0 aliphatic rings. The topological polar surface area (TPSA) is 22.1 Å². The molecule has 94 valence electrons. The molecule has 0 saturated carbocycles. The van der Waals surface area contributed by atoms with Crippen LogP contribution < -0.4 is 4.74 Å². The van der Waals surface area contributed by atoms with Gasteiger partial charge in [-0.05, 0) is 31.5 Å². The molecule has 2 rings (SSSR count).